The van der Waals surface area contributed by atoms with Gasteiger partial charge < -0.3 is 5.32 Å². The van der Waals surface area contributed by atoms with Gasteiger partial charge in [0.1, 0.15) is 4.88 Å². The normalized spacial score (nSPS) is 10.2. The van der Waals surface area contributed by atoms with Gasteiger partial charge in [-0.2, -0.15) is 4.39 Å². The molecule has 0 spiro atoms. The Balaban J connectivity index is 2.21. The number of rotatable bonds is 3. The summed E-state index contributed by atoms with van der Waals surface area (Å²) in [6, 6.07) is 4.92. The zero-order valence-corrected chi connectivity index (χ0v) is 11.6. The molecule has 1 heterocycles. The lowest BCUT2D eigenvalue weighted by molar-refractivity contribution is -0.387. The number of amides is 1. The summed E-state index contributed by atoms with van der Waals surface area (Å²) in [6.07, 6.45) is 0. The van der Waals surface area contributed by atoms with E-state index in [0.29, 0.717) is 9.35 Å². The molecule has 0 radical (unpaired) electrons. The van der Waals surface area contributed by atoms with E-state index in [1.165, 1.54) is 17.4 Å². The van der Waals surface area contributed by atoms with Crippen LogP contribution in [0.5, 0.6) is 0 Å². The van der Waals surface area contributed by atoms with Crippen molar-refractivity contribution in [2.45, 2.75) is 0 Å². The molecule has 0 bridgehead atoms. The Hall–Kier alpha value is -1.80. The van der Waals surface area contributed by atoms with E-state index in [4.69, 9.17) is 0 Å². The Morgan fingerprint density at radius 3 is 2.68 bits per heavy atom. The Morgan fingerprint density at radius 1 is 1.42 bits per heavy atom. The van der Waals surface area contributed by atoms with Crippen LogP contribution in [0, 0.1) is 15.9 Å². The molecule has 0 saturated carbocycles. The van der Waals surface area contributed by atoms with Crippen molar-refractivity contribution < 1.29 is 14.1 Å². The summed E-state index contributed by atoms with van der Waals surface area (Å²) in [6.45, 7) is 0. The van der Waals surface area contributed by atoms with Crippen LogP contribution >= 0.6 is 27.3 Å². The van der Waals surface area contributed by atoms with Gasteiger partial charge in [0.25, 0.3) is 5.91 Å². The molecule has 0 aliphatic heterocycles. The highest BCUT2D eigenvalue weighted by Crippen LogP contribution is 2.25. The number of nitrogens with zero attached hydrogens (tertiary/aromatic N) is 1. The van der Waals surface area contributed by atoms with Crippen LogP contribution in [0.1, 0.15) is 9.67 Å². The molecule has 19 heavy (non-hydrogen) atoms. The maximum absolute atomic E-state index is 13.4. The largest absolute Gasteiger partial charge is 0.321 e. The van der Waals surface area contributed by atoms with Crippen molar-refractivity contribution in [3.8, 4) is 0 Å². The van der Waals surface area contributed by atoms with E-state index < -0.39 is 22.3 Å². The third-order valence-corrected chi connectivity index (χ3v) is 4.06. The topological polar surface area (TPSA) is 72.2 Å². The fourth-order valence-electron chi connectivity index (χ4n) is 1.38. The van der Waals surface area contributed by atoms with Crippen LogP contribution in [0.2, 0.25) is 0 Å². The van der Waals surface area contributed by atoms with Gasteiger partial charge in [0.2, 0.25) is 5.82 Å². The SMILES string of the molecule is O=C(Nc1ccc([N+](=O)[O-])c(F)c1)c1sccc1Br. The second-order valence-electron chi connectivity index (χ2n) is 3.48. The first-order valence-electron chi connectivity index (χ1n) is 4.97. The molecule has 5 nitrogen and oxygen atoms in total. The zero-order valence-electron chi connectivity index (χ0n) is 9.22. The first kappa shape index (κ1) is 13.6. The lowest BCUT2D eigenvalue weighted by atomic mass is 10.2. The van der Waals surface area contributed by atoms with Crippen LogP contribution in [-0.4, -0.2) is 10.8 Å². The van der Waals surface area contributed by atoms with Crippen molar-refractivity contribution in [3.05, 3.63) is 54.9 Å². The van der Waals surface area contributed by atoms with Gasteiger partial charge in [0.15, 0.2) is 0 Å². The highest BCUT2D eigenvalue weighted by atomic mass is 79.9. The van der Waals surface area contributed by atoms with Crippen molar-refractivity contribution in [1.82, 2.24) is 0 Å². The molecule has 1 amide bonds. The summed E-state index contributed by atoms with van der Waals surface area (Å²) >= 11 is 4.44. The van der Waals surface area contributed by atoms with E-state index >= 15 is 0 Å². The molecule has 2 aromatic rings. The number of nitro groups is 1. The predicted molar refractivity (Wildman–Crippen MR) is 73.0 cm³/mol. The van der Waals surface area contributed by atoms with Crippen LogP contribution in [0.15, 0.2) is 34.1 Å². The summed E-state index contributed by atoms with van der Waals surface area (Å²) in [5.41, 5.74) is -0.469. The Kier molecular flexibility index (Phi) is 3.91. The van der Waals surface area contributed by atoms with Crippen LogP contribution in [0.25, 0.3) is 0 Å². The standard InChI is InChI=1S/C11H6BrFN2O3S/c12-7-3-4-19-10(7)11(16)14-6-1-2-9(15(17)18)8(13)5-6/h1-5H,(H,14,16). The average molecular weight is 345 g/mol. The summed E-state index contributed by atoms with van der Waals surface area (Å²) in [5, 5.41) is 14.7. The number of anilines is 1. The first-order chi connectivity index (χ1) is 8.99. The smallest absolute Gasteiger partial charge is 0.304 e. The van der Waals surface area contributed by atoms with E-state index in [2.05, 4.69) is 21.2 Å². The van der Waals surface area contributed by atoms with Crippen molar-refractivity contribution in [2.75, 3.05) is 5.32 Å². The van der Waals surface area contributed by atoms with Crippen molar-refractivity contribution in [3.63, 3.8) is 0 Å². The molecule has 0 fully saturated rings. The zero-order chi connectivity index (χ0) is 14.0. The summed E-state index contributed by atoms with van der Waals surface area (Å²) in [7, 11) is 0. The Labute approximate surface area is 119 Å². The molecule has 1 aromatic heterocycles. The molecule has 8 heteroatoms. The van der Waals surface area contributed by atoms with Crippen molar-refractivity contribution >= 4 is 44.5 Å². The monoisotopic (exact) mass is 344 g/mol. The van der Waals surface area contributed by atoms with Gasteiger partial charge in [-0.05, 0) is 33.4 Å². The molecule has 0 atom stereocenters. The average Bonchev–Trinajstić information content (AvgIpc) is 2.75. The van der Waals surface area contributed by atoms with Crippen molar-refractivity contribution in [2.24, 2.45) is 0 Å². The van der Waals surface area contributed by atoms with E-state index in [9.17, 15) is 19.3 Å². The number of benzene rings is 1. The third-order valence-electron chi connectivity index (χ3n) is 2.23. The van der Waals surface area contributed by atoms with Gasteiger partial charge >= 0.3 is 5.69 Å². The Morgan fingerprint density at radius 2 is 2.16 bits per heavy atom. The number of hydrogen-bond acceptors (Lipinski definition) is 4. The van der Waals surface area contributed by atoms with Gasteiger partial charge in [-0.3, -0.25) is 14.9 Å². The van der Waals surface area contributed by atoms with Crippen LogP contribution in [0.4, 0.5) is 15.8 Å². The second-order valence-corrected chi connectivity index (χ2v) is 5.25. The summed E-state index contributed by atoms with van der Waals surface area (Å²) < 4.78 is 14.0. The Bertz CT molecular complexity index is 659. The van der Waals surface area contributed by atoms with Gasteiger partial charge in [-0.15, -0.1) is 11.3 Å². The molecule has 0 aliphatic rings. The van der Waals surface area contributed by atoms with E-state index in [-0.39, 0.29) is 5.69 Å². The quantitative estimate of drug-likeness (QED) is 0.679. The highest BCUT2D eigenvalue weighted by molar-refractivity contribution is 9.10. The first-order valence-corrected chi connectivity index (χ1v) is 6.64. The maximum atomic E-state index is 13.4. The lowest BCUT2D eigenvalue weighted by Gasteiger charge is -2.04. The number of carbonyl (C=O) groups is 1. The van der Waals surface area contributed by atoms with E-state index in [1.807, 2.05) is 0 Å². The molecule has 1 N–H and O–H groups in total. The minimum Gasteiger partial charge on any atom is -0.321 e. The fraction of sp³-hybridized carbons (Fsp3) is 0. The predicted octanol–water partition coefficient (Wildman–Crippen LogP) is 3.81. The molecule has 0 saturated heterocycles. The number of hydrogen-bond donors (Lipinski definition) is 1. The highest BCUT2D eigenvalue weighted by Gasteiger charge is 2.16. The number of nitro benzene ring substituents is 1. The molecule has 98 valence electrons. The summed E-state index contributed by atoms with van der Waals surface area (Å²) in [4.78, 5) is 21.9. The minimum atomic E-state index is -0.993. The second kappa shape index (κ2) is 5.45. The summed E-state index contributed by atoms with van der Waals surface area (Å²) in [5.74, 6) is -1.40. The van der Waals surface area contributed by atoms with E-state index in [0.717, 1.165) is 12.1 Å². The number of carbonyl (C=O) groups excluding carboxylic acids is 1. The van der Waals surface area contributed by atoms with Crippen LogP contribution < -0.4 is 5.32 Å². The third kappa shape index (κ3) is 2.96. The van der Waals surface area contributed by atoms with Gasteiger partial charge in [0, 0.05) is 22.3 Å². The molecule has 2 rings (SSSR count). The maximum Gasteiger partial charge on any atom is 0.304 e. The minimum absolute atomic E-state index is 0.161. The van der Waals surface area contributed by atoms with Gasteiger partial charge in [-0.1, -0.05) is 0 Å². The fourth-order valence-corrected chi connectivity index (χ4v) is 2.82. The molecular formula is C11H6BrFN2O3S. The number of thiophene rings is 1. The number of halogens is 2. The van der Waals surface area contributed by atoms with Crippen LogP contribution in [-0.2, 0) is 0 Å². The number of nitrogens with one attached hydrogen (secondary N) is 1. The van der Waals surface area contributed by atoms with Crippen molar-refractivity contribution in [1.29, 1.82) is 0 Å². The van der Waals surface area contributed by atoms with E-state index in [1.54, 1.807) is 11.4 Å². The van der Waals surface area contributed by atoms with Crippen LogP contribution in [0.3, 0.4) is 0 Å². The van der Waals surface area contributed by atoms with Gasteiger partial charge in [-0.25, -0.2) is 0 Å². The molecule has 0 aliphatic carbocycles. The molecule has 1 aromatic carbocycles. The molecular weight excluding hydrogens is 339 g/mol. The van der Waals surface area contributed by atoms with Gasteiger partial charge in [0.05, 0.1) is 4.92 Å². The molecule has 0 unspecified atom stereocenters. The lowest BCUT2D eigenvalue weighted by Crippen LogP contribution is -2.11.